The summed E-state index contributed by atoms with van der Waals surface area (Å²) in [5, 5.41) is 9.68. The van der Waals surface area contributed by atoms with Gasteiger partial charge in [-0.1, -0.05) is 11.6 Å². The van der Waals surface area contributed by atoms with E-state index in [1.54, 1.807) is 13.0 Å². The van der Waals surface area contributed by atoms with Gasteiger partial charge in [0.05, 0.1) is 10.7 Å². The van der Waals surface area contributed by atoms with Crippen LogP contribution in [0.15, 0.2) is 18.2 Å². The molecular formula is C15H20ClNO2. The lowest BCUT2D eigenvalue weighted by atomic mass is 9.94. The van der Waals surface area contributed by atoms with Gasteiger partial charge in [0.15, 0.2) is 5.78 Å². The standard InChI is InChI=1S/C15H20ClNO2/c1-11(19)13-4-5-15(14(16)9-13)17-7-2-3-12(10-17)6-8-18/h4-5,9,12,18H,2-3,6-8,10H2,1H3. The van der Waals surface area contributed by atoms with Crippen LogP contribution >= 0.6 is 11.6 Å². The van der Waals surface area contributed by atoms with Gasteiger partial charge in [-0.3, -0.25) is 4.79 Å². The maximum atomic E-state index is 11.3. The van der Waals surface area contributed by atoms with Crippen molar-refractivity contribution in [2.45, 2.75) is 26.2 Å². The van der Waals surface area contributed by atoms with Crippen molar-refractivity contribution in [3.05, 3.63) is 28.8 Å². The molecule has 0 radical (unpaired) electrons. The molecule has 104 valence electrons. The summed E-state index contributed by atoms with van der Waals surface area (Å²) in [6.07, 6.45) is 3.13. The highest BCUT2D eigenvalue weighted by atomic mass is 35.5. The van der Waals surface area contributed by atoms with Gasteiger partial charge in [-0.2, -0.15) is 0 Å². The Morgan fingerprint density at radius 3 is 2.95 bits per heavy atom. The number of aliphatic hydroxyl groups is 1. The summed E-state index contributed by atoms with van der Waals surface area (Å²) in [7, 11) is 0. The maximum absolute atomic E-state index is 11.3. The fourth-order valence-corrected chi connectivity index (χ4v) is 2.98. The molecule has 1 saturated heterocycles. The zero-order valence-electron chi connectivity index (χ0n) is 11.2. The lowest BCUT2D eigenvalue weighted by Crippen LogP contribution is -2.35. The first-order valence-electron chi connectivity index (χ1n) is 6.78. The number of piperidine rings is 1. The molecule has 0 saturated carbocycles. The Morgan fingerprint density at radius 1 is 1.53 bits per heavy atom. The number of aliphatic hydroxyl groups excluding tert-OH is 1. The molecule has 0 aromatic heterocycles. The number of hydrogen-bond acceptors (Lipinski definition) is 3. The lowest BCUT2D eigenvalue weighted by molar-refractivity contribution is 0.101. The molecule has 1 unspecified atom stereocenters. The predicted octanol–water partition coefficient (Wildman–Crippen LogP) is 3.14. The van der Waals surface area contributed by atoms with Gasteiger partial charge in [-0.05, 0) is 50.3 Å². The SMILES string of the molecule is CC(=O)c1ccc(N2CCCC(CCO)C2)c(Cl)c1. The largest absolute Gasteiger partial charge is 0.396 e. The van der Waals surface area contributed by atoms with Crippen LogP contribution in [0.4, 0.5) is 5.69 Å². The third-order valence-corrected chi connectivity index (χ3v) is 4.05. The van der Waals surface area contributed by atoms with E-state index >= 15 is 0 Å². The lowest BCUT2D eigenvalue weighted by Gasteiger charge is -2.34. The number of benzene rings is 1. The highest BCUT2D eigenvalue weighted by Crippen LogP contribution is 2.31. The average Bonchev–Trinajstić information content (AvgIpc) is 2.39. The van der Waals surface area contributed by atoms with E-state index in [2.05, 4.69) is 4.90 Å². The van der Waals surface area contributed by atoms with Gasteiger partial charge in [0, 0.05) is 25.3 Å². The minimum absolute atomic E-state index is 0.0326. The fraction of sp³-hybridized carbons (Fsp3) is 0.533. The Morgan fingerprint density at radius 2 is 2.32 bits per heavy atom. The first kappa shape index (κ1) is 14.4. The van der Waals surface area contributed by atoms with E-state index in [0.717, 1.165) is 31.6 Å². The molecule has 3 nitrogen and oxygen atoms in total. The molecule has 1 N–H and O–H groups in total. The third-order valence-electron chi connectivity index (χ3n) is 3.75. The topological polar surface area (TPSA) is 40.5 Å². The molecule has 0 amide bonds. The number of nitrogens with zero attached hydrogens (tertiary/aromatic N) is 1. The second kappa shape index (κ2) is 6.40. The second-order valence-corrected chi connectivity index (χ2v) is 5.60. The van der Waals surface area contributed by atoms with E-state index < -0.39 is 0 Å². The molecule has 1 heterocycles. The van der Waals surface area contributed by atoms with E-state index in [9.17, 15) is 4.79 Å². The Kier molecular flexibility index (Phi) is 4.83. The van der Waals surface area contributed by atoms with Crippen molar-refractivity contribution in [3.8, 4) is 0 Å². The van der Waals surface area contributed by atoms with Crippen LogP contribution in [0, 0.1) is 5.92 Å². The molecule has 1 aliphatic rings. The van der Waals surface area contributed by atoms with E-state index in [1.165, 1.54) is 6.42 Å². The number of carbonyl (C=O) groups is 1. The Bertz CT molecular complexity index is 459. The second-order valence-electron chi connectivity index (χ2n) is 5.19. The molecule has 19 heavy (non-hydrogen) atoms. The molecule has 0 spiro atoms. The minimum atomic E-state index is 0.0326. The quantitative estimate of drug-likeness (QED) is 0.862. The molecule has 1 fully saturated rings. The number of anilines is 1. The van der Waals surface area contributed by atoms with Crippen molar-refractivity contribution >= 4 is 23.1 Å². The number of hydrogen-bond donors (Lipinski definition) is 1. The summed E-state index contributed by atoms with van der Waals surface area (Å²) < 4.78 is 0. The van der Waals surface area contributed by atoms with Crippen LogP contribution in [0.1, 0.15) is 36.5 Å². The van der Waals surface area contributed by atoms with Crippen LogP contribution in [0.5, 0.6) is 0 Å². The number of ketones is 1. The Balaban J connectivity index is 2.15. The molecule has 4 heteroatoms. The molecule has 1 atom stereocenters. The number of carbonyl (C=O) groups excluding carboxylic acids is 1. The first-order chi connectivity index (χ1) is 9.11. The van der Waals surface area contributed by atoms with Gasteiger partial charge in [-0.15, -0.1) is 0 Å². The molecule has 1 aromatic carbocycles. The molecule has 1 aliphatic heterocycles. The summed E-state index contributed by atoms with van der Waals surface area (Å²) >= 11 is 6.29. The molecule has 0 bridgehead atoms. The van der Waals surface area contributed by atoms with Gasteiger partial charge in [0.2, 0.25) is 0 Å². The summed E-state index contributed by atoms with van der Waals surface area (Å²) in [6, 6.07) is 5.51. The number of Topliss-reactive ketones (excluding diaryl/α,β-unsaturated/α-hetero) is 1. The van der Waals surface area contributed by atoms with Gasteiger partial charge in [0.25, 0.3) is 0 Å². The minimum Gasteiger partial charge on any atom is -0.396 e. The number of rotatable bonds is 4. The zero-order chi connectivity index (χ0) is 13.8. The highest BCUT2D eigenvalue weighted by molar-refractivity contribution is 6.33. The maximum Gasteiger partial charge on any atom is 0.159 e. The Labute approximate surface area is 119 Å². The smallest absolute Gasteiger partial charge is 0.159 e. The zero-order valence-corrected chi connectivity index (χ0v) is 12.0. The van der Waals surface area contributed by atoms with Gasteiger partial charge >= 0.3 is 0 Å². The fourth-order valence-electron chi connectivity index (χ4n) is 2.68. The number of halogens is 1. The van der Waals surface area contributed by atoms with E-state index in [4.69, 9.17) is 16.7 Å². The Hall–Kier alpha value is -1.06. The summed E-state index contributed by atoms with van der Waals surface area (Å²) in [4.78, 5) is 13.6. The summed E-state index contributed by atoms with van der Waals surface area (Å²) in [5.41, 5.74) is 1.65. The predicted molar refractivity (Wildman–Crippen MR) is 78.1 cm³/mol. The van der Waals surface area contributed by atoms with E-state index in [-0.39, 0.29) is 12.4 Å². The van der Waals surface area contributed by atoms with Gasteiger partial charge in [-0.25, -0.2) is 0 Å². The summed E-state index contributed by atoms with van der Waals surface area (Å²) in [5.74, 6) is 0.563. The van der Waals surface area contributed by atoms with Crippen LogP contribution in [-0.2, 0) is 0 Å². The highest BCUT2D eigenvalue weighted by Gasteiger charge is 2.21. The molecule has 2 rings (SSSR count). The van der Waals surface area contributed by atoms with Crippen molar-refractivity contribution in [2.75, 3.05) is 24.6 Å². The third kappa shape index (κ3) is 3.48. The molecule has 1 aromatic rings. The van der Waals surface area contributed by atoms with E-state index in [0.29, 0.717) is 16.5 Å². The monoisotopic (exact) mass is 281 g/mol. The van der Waals surface area contributed by atoms with Crippen LogP contribution in [0.2, 0.25) is 5.02 Å². The van der Waals surface area contributed by atoms with Crippen molar-refractivity contribution in [3.63, 3.8) is 0 Å². The van der Waals surface area contributed by atoms with Crippen molar-refractivity contribution in [1.82, 2.24) is 0 Å². The normalized spacial score (nSPS) is 19.5. The van der Waals surface area contributed by atoms with Crippen LogP contribution in [0.25, 0.3) is 0 Å². The van der Waals surface area contributed by atoms with Crippen molar-refractivity contribution in [1.29, 1.82) is 0 Å². The van der Waals surface area contributed by atoms with Crippen LogP contribution in [0.3, 0.4) is 0 Å². The average molecular weight is 282 g/mol. The van der Waals surface area contributed by atoms with Crippen LogP contribution < -0.4 is 4.90 Å². The van der Waals surface area contributed by atoms with Crippen molar-refractivity contribution in [2.24, 2.45) is 5.92 Å². The van der Waals surface area contributed by atoms with Gasteiger partial charge in [0.1, 0.15) is 0 Å². The first-order valence-corrected chi connectivity index (χ1v) is 7.16. The summed E-state index contributed by atoms with van der Waals surface area (Å²) in [6.45, 7) is 3.71. The van der Waals surface area contributed by atoms with Gasteiger partial charge < -0.3 is 10.0 Å². The van der Waals surface area contributed by atoms with Crippen molar-refractivity contribution < 1.29 is 9.90 Å². The van der Waals surface area contributed by atoms with Crippen LogP contribution in [-0.4, -0.2) is 30.6 Å². The molecule has 0 aliphatic carbocycles. The molecular weight excluding hydrogens is 262 g/mol. The van der Waals surface area contributed by atoms with E-state index in [1.807, 2.05) is 12.1 Å².